The molecule has 4 nitrogen and oxygen atoms in total. The normalized spacial score (nSPS) is 22.1. The van der Waals surface area contributed by atoms with Gasteiger partial charge in [0.25, 0.3) is 0 Å². The summed E-state index contributed by atoms with van der Waals surface area (Å²) in [5.41, 5.74) is 0. The summed E-state index contributed by atoms with van der Waals surface area (Å²) < 4.78 is 5.79. The molecule has 0 aromatic rings. The van der Waals surface area contributed by atoms with Gasteiger partial charge in [0.1, 0.15) is 6.10 Å². The quantitative estimate of drug-likeness (QED) is 0.385. The number of hydrogen-bond acceptors (Lipinski definition) is 3. The number of aliphatic carboxylic acids is 1. The van der Waals surface area contributed by atoms with Gasteiger partial charge in [0, 0.05) is 0 Å². The fourth-order valence-electron chi connectivity index (χ4n) is 3.56. The lowest BCUT2D eigenvalue weighted by atomic mass is 9.81. The Hall–Kier alpha value is -1.06. The van der Waals surface area contributed by atoms with Crippen LogP contribution >= 0.6 is 0 Å². The first kappa shape index (κ1) is 21.0. The number of carboxylic acid groups (broad SMARTS) is 1. The second-order valence-electron chi connectivity index (χ2n) is 7.30. The minimum atomic E-state index is -0.772. The van der Waals surface area contributed by atoms with Crippen molar-refractivity contribution in [2.24, 2.45) is 11.8 Å². The molecule has 1 aliphatic rings. The van der Waals surface area contributed by atoms with E-state index in [2.05, 4.69) is 13.8 Å². The topological polar surface area (TPSA) is 63.6 Å². The third-order valence-electron chi connectivity index (χ3n) is 5.15. The second-order valence-corrected chi connectivity index (χ2v) is 7.30. The van der Waals surface area contributed by atoms with Gasteiger partial charge in [-0.15, -0.1) is 0 Å². The Kier molecular flexibility index (Phi) is 10.8. The molecule has 3 unspecified atom stereocenters. The molecular formula is C20H36O4. The van der Waals surface area contributed by atoms with E-state index in [-0.39, 0.29) is 23.9 Å². The average Bonchev–Trinajstić information content (AvgIpc) is 2.59. The highest BCUT2D eigenvalue weighted by Crippen LogP contribution is 2.31. The molecule has 1 saturated carbocycles. The maximum atomic E-state index is 12.5. The first-order chi connectivity index (χ1) is 11.6. The van der Waals surface area contributed by atoms with Gasteiger partial charge in [0.2, 0.25) is 0 Å². The zero-order chi connectivity index (χ0) is 17.8. The third-order valence-corrected chi connectivity index (χ3v) is 5.15. The van der Waals surface area contributed by atoms with Crippen LogP contribution in [-0.4, -0.2) is 23.1 Å². The molecule has 3 atom stereocenters. The molecule has 0 aromatic carbocycles. The maximum absolute atomic E-state index is 12.5. The Bertz CT molecular complexity index is 367. The van der Waals surface area contributed by atoms with Crippen molar-refractivity contribution >= 4 is 11.9 Å². The van der Waals surface area contributed by atoms with Gasteiger partial charge in [-0.3, -0.25) is 9.59 Å². The molecule has 1 aliphatic carbocycles. The molecule has 1 N–H and O–H groups in total. The summed E-state index contributed by atoms with van der Waals surface area (Å²) in [6.07, 6.45) is 12.9. The van der Waals surface area contributed by atoms with Crippen LogP contribution in [0.5, 0.6) is 0 Å². The van der Waals surface area contributed by atoms with Crippen LogP contribution in [0.1, 0.15) is 97.3 Å². The summed E-state index contributed by atoms with van der Waals surface area (Å²) in [5.74, 6) is -1.52. The van der Waals surface area contributed by atoms with Crippen LogP contribution < -0.4 is 0 Å². The van der Waals surface area contributed by atoms with E-state index in [0.717, 1.165) is 44.9 Å². The monoisotopic (exact) mass is 340 g/mol. The Morgan fingerprint density at radius 2 is 1.58 bits per heavy atom. The lowest BCUT2D eigenvalue weighted by molar-refractivity contribution is -0.158. The number of carboxylic acids is 1. The molecule has 24 heavy (non-hydrogen) atoms. The van der Waals surface area contributed by atoms with Crippen molar-refractivity contribution in [2.75, 3.05) is 0 Å². The van der Waals surface area contributed by atoms with E-state index in [9.17, 15) is 14.7 Å². The smallest absolute Gasteiger partial charge is 0.309 e. The highest BCUT2D eigenvalue weighted by molar-refractivity contribution is 5.75. The number of unbranched alkanes of at least 4 members (excludes halogenated alkanes) is 5. The van der Waals surface area contributed by atoms with Gasteiger partial charge in [0.05, 0.1) is 11.8 Å². The SMILES string of the molecule is CCCCCCCC(CCCC)OC(=O)C1CCCC(C(=O)O)C1. The molecule has 0 amide bonds. The van der Waals surface area contributed by atoms with E-state index >= 15 is 0 Å². The van der Waals surface area contributed by atoms with Crippen molar-refractivity contribution < 1.29 is 19.4 Å². The predicted octanol–water partition coefficient (Wildman–Crippen LogP) is 5.34. The zero-order valence-corrected chi connectivity index (χ0v) is 15.6. The average molecular weight is 341 g/mol. The van der Waals surface area contributed by atoms with Crippen LogP contribution in [0.25, 0.3) is 0 Å². The van der Waals surface area contributed by atoms with Gasteiger partial charge in [-0.05, 0) is 38.5 Å². The molecule has 1 rings (SSSR count). The van der Waals surface area contributed by atoms with Gasteiger partial charge in [-0.25, -0.2) is 0 Å². The maximum Gasteiger partial charge on any atom is 0.309 e. The number of carbonyl (C=O) groups is 2. The van der Waals surface area contributed by atoms with Crippen molar-refractivity contribution in [3.63, 3.8) is 0 Å². The van der Waals surface area contributed by atoms with Gasteiger partial charge < -0.3 is 9.84 Å². The van der Waals surface area contributed by atoms with E-state index in [0.29, 0.717) is 12.8 Å². The summed E-state index contributed by atoms with van der Waals surface area (Å²) in [5, 5.41) is 9.17. The Balaban J connectivity index is 2.42. The number of carbonyl (C=O) groups excluding carboxylic acids is 1. The van der Waals surface area contributed by atoms with Gasteiger partial charge in [-0.1, -0.05) is 58.8 Å². The molecule has 4 heteroatoms. The van der Waals surface area contributed by atoms with E-state index in [4.69, 9.17) is 4.74 Å². The molecule has 0 spiro atoms. The summed E-state index contributed by atoms with van der Waals surface area (Å²) in [6.45, 7) is 4.36. The number of esters is 1. The summed E-state index contributed by atoms with van der Waals surface area (Å²) in [7, 11) is 0. The number of ether oxygens (including phenoxy) is 1. The van der Waals surface area contributed by atoms with Crippen LogP contribution in [0, 0.1) is 11.8 Å². The lowest BCUT2D eigenvalue weighted by Gasteiger charge is -2.27. The molecule has 0 saturated heterocycles. The van der Waals surface area contributed by atoms with Crippen molar-refractivity contribution in [3.8, 4) is 0 Å². The van der Waals surface area contributed by atoms with E-state index in [1.807, 2.05) is 0 Å². The van der Waals surface area contributed by atoms with Gasteiger partial charge >= 0.3 is 11.9 Å². The van der Waals surface area contributed by atoms with Gasteiger partial charge in [-0.2, -0.15) is 0 Å². The Morgan fingerprint density at radius 1 is 0.958 bits per heavy atom. The van der Waals surface area contributed by atoms with Crippen molar-refractivity contribution in [1.82, 2.24) is 0 Å². The first-order valence-corrected chi connectivity index (χ1v) is 10.0. The molecular weight excluding hydrogens is 304 g/mol. The standard InChI is InChI=1S/C20H36O4/c1-3-5-7-8-9-14-18(13-6-4-2)24-20(23)17-12-10-11-16(15-17)19(21)22/h16-18H,3-15H2,1-2H3,(H,21,22). The second kappa shape index (κ2) is 12.3. The van der Waals surface area contributed by atoms with E-state index in [1.54, 1.807) is 0 Å². The molecule has 0 bridgehead atoms. The van der Waals surface area contributed by atoms with Crippen LogP contribution in [0.15, 0.2) is 0 Å². The molecule has 0 aliphatic heterocycles. The first-order valence-electron chi connectivity index (χ1n) is 10.0. The Labute approximate surface area is 147 Å². The van der Waals surface area contributed by atoms with Crippen LogP contribution in [0.3, 0.4) is 0 Å². The zero-order valence-electron chi connectivity index (χ0n) is 15.6. The van der Waals surface area contributed by atoms with Crippen LogP contribution in [-0.2, 0) is 14.3 Å². The highest BCUT2D eigenvalue weighted by atomic mass is 16.5. The highest BCUT2D eigenvalue weighted by Gasteiger charge is 2.32. The minimum absolute atomic E-state index is 0.0179. The van der Waals surface area contributed by atoms with Crippen LogP contribution in [0.4, 0.5) is 0 Å². The number of hydrogen-bond donors (Lipinski definition) is 1. The van der Waals surface area contributed by atoms with E-state index < -0.39 is 5.97 Å². The molecule has 0 radical (unpaired) electrons. The number of rotatable bonds is 12. The third kappa shape index (κ3) is 8.16. The minimum Gasteiger partial charge on any atom is -0.481 e. The van der Waals surface area contributed by atoms with Crippen LogP contribution in [0.2, 0.25) is 0 Å². The summed E-state index contributed by atoms with van der Waals surface area (Å²) in [6, 6.07) is 0. The molecule has 140 valence electrons. The van der Waals surface area contributed by atoms with E-state index in [1.165, 1.54) is 25.7 Å². The Morgan fingerprint density at radius 3 is 2.25 bits per heavy atom. The fourth-order valence-corrected chi connectivity index (χ4v) is 3.56. The predicted molar refractivity (Wildman–Crippen MR) is 95.9 cm³/mol. The largest absolute Gasteiger partial charge is 0.481 e. The molecule has 1 fully saturated rings. The summed E-state index contributed by atoms with van der Waals surface area (Å²) >= 11 is 0. The van der Waals surface area contributed by atoms with Crippen molar-refractivity contribution in [1.29, 1.82) is 0 Å². The molecule has 0 aromatic heterocycles. The van der Waals surface area contributed by atoms with Gasteiger partial charge in [0.15, 0.2) is 0 Å². The van der Waals surface area contributed by atoms with Crippen molar-refractivity contribution in [3.05, 3.63) is 0 Å². The summed E-state index contributed by atoms with van der Waals surface area (Å²) in [4.78, 5) is 23.6. The molecule has 0 heterocycles. The fraction of sp³-hybridized carbons (Fsp3) is 0.900. The lowest BCUT2D eigenvalue weighted by Crippen LogP contribution is -2.31. The van der Waals surface area contributed by atoms with Crippen molar-refractivity contribution in [2.45, 2.75) is 103 Å².